The Hall–Kier alpha value is -1.39. The Balaban J connectivity index is 1.73. The summed E-state index contributed by atoms with van der Waals surface area (Å²) in [5, 5.41) is 23.8. The maximum Gasteiger partial charge on any atom is 0.0992 e. The van der Waals surface area contributed by atoms with Gasteiger partial charge in [0.1, 0.15) is 0 Å². The van der Waals surface area contributed by atoms with E-state index < -0.39 is 6.10 Å². The zero-order chi connectivity index (χ0) is 15.1. The largest absolute Gasteiger partial charge is 0.389 e. The molecule has 1 heterocycles. The smallest absolute Gasteiger partial charge is 0.0992 e. The molecule has 21 heavy (non-hydrogen) atoms. The van der Waals surface area contributed by atoms with Crippen molar-refractivity contribution in [3.05, 3.63) is 50.6 Å². The van der Waals surface area contributed by atoms with Crippen LogP contribution in [0.15, 0.2) is 40.2 Å². The van der Waals surface area contributed by atoms with E-state index in [2.05, 4.69) is 27.3 Å². The molecular weight excluding hydrogens is 352 g/mol. The summed E-state index contributed by atoms with van der Waals surface area (Å²) in [5.74, 6) is 0. The van der Waals surface area contributed by atoms with E-state index in [1.165, 1.54) is 0 Å². The maximum absolute atomic E-state index is 9.88. The van der Waals surface area contributed by atoms with Gasteiger partial charge < -0.3 is 15.2 Å². The van der Waals surface area contributed by atoms with Gasteiger partial charge in [0.05, 0.1) is 31.0 Å². The summed E-state index contributed by atoms with van der Waals surface area (Å²) in [6.07, 6.45) is -0.590. The van der Waals surface area contributed by atoms with Crippen LogP contribution in [0, 0.1) is 11.3 Å². The van der Waals surface area contributed by atoms with Gasteiger partial charge in [0.25, 0.3) is 0 Å². The van der Waals surface area contributed by atoms with Gasteiger partial charge in [-0.2, -0.15) is 5.26 Å². The van der Waals surface area contributed by atoms with Gasteiger partial charge in [-0.05, 0) is 45.6 Å². The summed E-state index contributed by atoms with van der Waals surface area (Å²) in [5.41, 5.74) is 1.43. The number of aliphatic hydroxyl groups is 1. The fourth-order valence-electron chi connectivity index (χ4n) is 1.70. The van der Waals surface area contributed by atoms with Crippen molar-refractivity contribution in [2.45, 2.75) is 12.7 Å². The fraction of sp³-hybridized carbons (Fsp3) is 0.267. The first kappa shape index (κ1) is 16.0. The normalized spacial score (nSPS) is 11.9. The fourth-order valence-corrected chi connectivity index (χ4v) is 2.86. The Morgan fingerprint density at radius 3 is 2.95 bits per heavy atom. The standard InChI is InChI=1S/C15H15BrN2O2S/c16-14-6-11(7-17)3-4-15(14)18-8-12(19)9-20-10-13-2-1-5-21-13/h1-6,12,18-19H,8-10H2. The van der Waals surface area contributed by atoms with E-state index >= 15 is 0 Å². The number of nitrogens with zero attached hydrogens (tertiary/aromatic N) is 1. The number of rotatable bonds is 7. The molecule has 6 heteroatoms. The van der Waals surface area contributed by atoms with Crippen molar-refractivity contribution in [3.63, 3.8) is 0 Å². The van der Waals surface area contributed by atoms with Crippen molar-refractivity contribution in [3.8, 4) is 6.07 Å². The highest BCUT2D eigenvalue weighted by atomic mass is 79.9. The molecule has 110 valence electrons. The Bertz CT molecular complexity index is 611. The van der Waals surface area contributed by atoms with E-state index in [9.17, 15) is 5.11 Å². The number of hydrogen-bond acceptors (Lipinski definition) is 5. The van der Waals surface area contributed by atoms with E-state index in [0.29, 0.717) is 18.7 Å². The average molecular weight is 367 g/mol. The van der Waals surface area contributed by atoms with Gasteiger partial charge in [0.15, 0.2) is 0 Å². The second-order valence-electron chi connectivity index (χ2n) is 4.44. The molecule has 0 bridgehead atoms. The number of nitriles is 1. The summed E-state index contributed by atoms with van der Waals surface area (Å²) in [7, 11) is 0. The van der Waals surface area contributed by atoms with Gasteiger partial charge >= 0.3 is 0 Å². The van der Waals surface area contributed by atoms with Crippen LogP contribution in [-0.2, 0) is 11.3 Å². The third-order valence-corrected chi connectivity index (χ3v) is 4.27. The van der Waals surface area contributed by atoms with E-state index in [-0.39, 0.29) is 6.61 Å². The van der Waals surface area contributed by atoms with E-state index in [1.54, 1.807) is 23.5 Å². The third kappa shape index (κ3) is 5.14. The van der Waals surface area contributed by atoms with Crippen molar-refractivity contribution >= 4 is 33.0 Å². The topological polar surface area (TPSA) is 65.3 Å². The number of nitrogens with one attached hydrogen (secondary N) is 1. The average Bonchev–Trinajstić information content (AvgIpc) is 2.99. The van der Waals surface area contributed by atoms with Gasteiger partial charge in [-0.3, -0.25) is 0 Å². The molecule has 0 aliphatic heterocycles. The second-order valence-corrected chi connectivity index (χ2v) is 6.32. The lowest BCUT2D eigenvalue weighted by Gasteiger charge is -2.14. The predicted molar refractivity (Wildman–Crippen MR) is 87.3 cm³/mol. The number of benzene rings is 1. The molecule has 2 N–H and O–H groups in total. The van der Waals surface area contributed by atoms with Gasteiger partial charge in [-0.25, -0.2) is 0 Å². The van der Waals surface area contributed by atoms with E-state index in [4.69, 9.17) is 10.00 Å². The molecule has 0 aliphatic rings. The van der Waals surface area contributed by atoms with Crippen molar-refractivity contribution in [1.82, 2.24) is 0 Å². The zero-order valence-corrected chi connectivity index (χ0v) is 13.7. The van der Waals surface area contributed by atoms with Crippen LogP contribution in [0.5, 0.6) is 0 Å². The maximum atomic E-state index is 9.88. The van der Waals surface area contributed by atoms with Gasteiger partial charge in [0, 0.05) is 21.6 Å². The number of hydrogen-bond donors (Lipinski definition) is 2. The Morgan fingerprint density at radius 2 is 2.29 bits per heavy atom. The van der Waals surface area contributed by atoms with Crippen LogP contribution in [0.3, 0.4) is 0 Å². The van der Waals surface area contributed by atoms with Gasteiger partial charge in [-0.15, -0.1) is 11.3 Å². The molecule has 2 aromatic rings. The highest BCUT2D eigenvalue weighted by molar-refractivity contribution is 9.10. The van der Waals surface area contributed by atoms with Crippen LogP contribution in [0.4, 0.5) is 5.69 Å². The summed E-state index contributed by atoms with van der Waals surface area (Å²) >= 11 is 5.03. The molecule has 1 atom stereocenters. The highest BCUT2D eigenvalue weighted by Gasteiger charge is 2.07. The number of ether oxygens (including phenoxy) is 1. The lowest BCUT2D eigenvalue weighted by atomic mass is 10.2. The van der Waals surface area contributed by atoms with Crippen LogP contribution in [-0.4, -0.2) is 24.4 Å². The highest BCUT2D eigenvalue weighted by Crippen LogP contribution is 2.23. The number of halogens is 1. The minimum absolute atomic E-state index is 0.277. The quantitative estimate of drug-likeness (QED) is 0.788. The lowest BCUT2D eigenvalue weighted by molar-refractivity contribution is 0.0359. The Labute approximate surface area is 136 Å². The molecule has 0 amide bonds. The number of aliphatic hydroxyl groups excluding tert-OH is 1. The molecular formula is C15H15BrN2O2S. The summed E-state index contributed by atoms with van der Waals surface area (Å²) in [6.45, 7) is 1.18. The zero-order valence-electron chi connectivity index (χ0n) is 11.3. The van der Waals surface area contributed by atoms with E-state index in [1.807, 2.05) is 23.6 Å². The monoisotopic (exact) mass is 366 g/mol. The first-order chi connectivity index (χ1) is 10.2. The van der Waals surface area contributed by atoms with Crippen molar-refractivity contribution < 1.29 is 9.84 Å². The van der Waals surface area contributed by atoms with Gasteiger partial charge in [-0.1, -0.05) is 6.07 Å². The molecule has 4 nitrogen and oxygen atoms in total. The number of thiophene rings is 1. The summed E-state index contributed by atoms with van der Waals surface area (Å²) in [4.78, 5) is 1.14. The minimum atomic E-state index is -0.590. The molecule has 1 aromatic heterocycles. The molecule has 0 spiro atoms. The van der Waals surface area contributed by atoms with Crippen LogP contribution in [0.25, 0.3) is 0 Å². The molecule has 0 fully saturated rings. The minimum Gasteiger partial charge on any atom is -0.389 e. The Morgan fingerprint density at radius 1 is 1.43 bits per heavy atom. The number of anilines is 1. The SMILES string of the molecule is N#Cc1ccc(NCC(O)COCc2cccs2)c(Br)c1. The van der Waals surface area contributed by atoms with Crippen LogP contribution >= 0.6 is 27.3 Å². The van der Waals surface area contributed by atoms with Crippen molar-refractivity contribution in [2.24, 2.45) is 0 Å². The molecule has 0 saturated heterocycles. The van der Waals surface area contributed by atoms with Crippen molar-refractivity contribution in [2.75, 3.05) is 18.5 Å². The molecule has 0 saturated carbocycles. The molecule has 1 unspecified atom stereocenters. The molecule has 1 aromatic carbocycles. The lowest BCUT2D eigenvalue weighted by Crippen LogP contribution is -2.24. The molecule has 2 rings (SSSR count). The summed E-state index contributed by atoms with van der Waals surface area (Å²) < 4.78 is 6.26. The Kier molecular flexibility index (Phi) is 6.21. The second kappa shape index (κ2) is 8.15. The van der Waals surface area contributed by atoms with Crippen LogP contribution < -0.4 is 5.32 Å². The first-order valence-corrected chi connectivity index (χ1v) is 8.08. The summed E-state index contributed by atoms with van der Waals surface area (Å²) in [6, 6.07) is 11.3. The molecule has 0 radical (unpaired) electrons. The third-order valence-electron chi connectivity index (χ3n) is 2.76. The predicted octanol–water partition coefficient (Wildman–Crippen LogP) is 3.37. The van der Waals surface area contributed by atoms with E-state index in [0.717, 1.165) is 15.0 Å². The van der Waals surface area contributed by atoms with Gasteiger partial charge in [0.2, 0.25) is 0 Å². The van der Waals surface area contributed by atoms with Crippen molar-refractivity contribution in [1.29, 1.82) is 5.26 Å². The first-order valence-electron chi connectivity index (χ1n) is 6.40. The van der Waals surface area contributed by atoms with Crippen LogP contribution in [0.1, 0.15) is 10.4 Å². The molecule has 0 aliphatic carbocycles. The van der Waals surface area contributed by atoms with Crippen LogP contribution in [0.2, 0.25) is 0 Å².